The van der Waals surface area contributed by atoms with Crippen LogP contribution in [0.2, 0.25) is 0 Å². The third-order valence-corrected chi connectivity index (χ3v) is 10.2. The summed E-state index contributed by atoms with van der Waals surface area (Å²) in [6.45, 7) is 0. The number of nitrogens with zero attached hydrogens (tertiary/aromatic N) is 1. The minimum atomic E-state index is -0.0139. The van der Waals surface area contributed by atoms with Gasteiger partial charge in [-0.05, 0) is 92.6 Å². The van der Waals surface area contributed by atoms with E-state index in [0.29, 0.717) is 11.8 Å². The maximum atomic E-state index is 3.88. The van der Waals surface area contributed by atoms with Crippen LogP contribution < -0.4 is 20.7 Å². The van der Waals surface area contributed by atoms with Crippen LogP contribution in [0.4, 0.5) is 17.1 Å². The first-order valence-electron chi connectivity index (χ1n) is 16.8. The van der Waals surface area contributed by atoms with E-state index in [1.54, 1.807) is 5.57 Å². The number of nitrogens with one attached hydrogen (secondary N) is 1. The predicted octanol–water partition coefficient (Wildman–Crippen LogP) is 9.61. The number of fused-ring (bicyclic) bond motifs is 3. The van der Waals surface area contributed by atoms with Gasteiger partial charge in [-0.3, -0.25) is 0 Å². The van der Waals surface area contributed by atoms with Gasteiger partial charge in [0.1, 0.15) is 6.17 Å². The minimum Gasteiger partial charge on any atom is -0.359 e. The third kappa shape index (κ3) is 4.80. The van der Waals surface area contributed by atoms with Crippen molar-refractivity contribution in [3.8, 4) is 11.1 Å². The highest BCUT2D eigenvalue weighted by molar-refractivity contribution is 5.87. The van der Waals surface area contributed by atoms with Crippen molar-refractivity contribution < 1.29 is 0 Å². The fourth-order valence-corrected chi connectivity index (χ4v) is 8.03. The standard InChI is InChI=1S/C45H36N2/c1-4-14-31(15-5-1)32-24-26-34(27-25-32)43-37-20-10-11-21-38(37)44(33-16-6-2-7-17-33)40-30-35(28-29-39(40)43)45-46-41-22-12-13-23-42(41)47(45)36-18-8-3-9-19-36/h1-16,18-20,22-30,33,38,45-46H,17,21H2. The lowest BCUT2D eigenvalue weighted by molar-refractivity contribution is 0.694. The Hall–Kier alpha value is -5.60. The zero-order valence-corrected chi connectivity index (χ0v) is 26.3. The van der Waals surface area contributed by atoms with Crippen molar-refractivity contribution in [3.63, 3.8) is 0 Å². The summed E-state index contributed by atoms with van der Waals surface area (Å²) in [6, 6.07) is 46.6. The molecule has 3 atom stereocenters. The first kappa shape index (κ1) is 27.7. The highest BCUT2D eigenvalue weighted by atomic mass is 15.3. The molecule has 5 aromatic carbocycles. The van der Waals surface area contributed by atoms with Gasteiger partial charge in [-0.1, -0.05) is 140 Å². The maximum Gasteiger partial charge on any atom is 0.130 e. The van der Waals surface area contributed by atoms with E-state index in [1.807, 2.05) is 0 Å². The molecule has 2 nitrogen and oxygen atoms in total. The van der Waals surface area contributed by atoms with Gasteiger partial charge in [0.25, 0.3) is 0 Å². The van der Waals surface area contributed by atoms with E-state index in [1.165, 1.54) is 55.2 Å². The molecule has 5 aromatic rings. The van der Waals surface area contributed by atoms with Crippen LogP contribution in [0.5, 0.6) is 0 Å². The summed E-state index contributed by atoms with van der Waals surface area (Å²) < 4.78 is 0. The summed E-state index contributed by atoms with van der Waals surface area (Å²) in [5.74, 6) is 0.710. The van der Waals surface area contributed by atoms with Gasteiger partial charge in [0.15, 0.2) is 0 Å². The lowest BCUT2D eigenvalue weighted by Crippen LogP contribution is -2.40. The summed E-state index contributed by atoms with van der Waals surface area (Å²) in [4.78, 5) is 2.45. The molecule has 0 bridgehead atoms. The molecule has 0 fully saturated rings. The highest BCUT2D eigenvalue weighted by Crippen LogP contribution is 2.46. The second-order valence-corrected chi connectivity index (χ2v) is 12.8. The van der Waals surface area contributed by atoms with E-state index in [9.17, 15) is 0 Å². The zero-order valence-electron chi connectivity index (χ0n) is 26.3. The van der Waals surface area contributed by atoms with Crippen LogP contribution in [0, 0.1) is 11.8 Å². The topological polar surface area (TPSA) is 15.3 Å². The van der Waals surface area contributed by atoms with E-state index in [2.05, 4.69) is 180 Å². The molecular formula is C45H36N2. The van der Waals surface area contributed by atoms with Crippen molar-refractivity contribution in [2.75, 3.05) is 10.2 Å². The normalized spacial score (nSPS) is 20.7. The Morgan fingerprint density at radius 1 is 0.596 bits per heavy atom. The summed E-state index contributed by atoms with van der Waals surface area (Å²) in [7, 11) is 0. The van der Waals surface area contributed by atoms with Gasteiger partial charge in [0.05, 0.1) is 11.4 Å². The fraction of sp³-hybridized carbons (Fsp3) is 0.111. The van der Waals surface area contributed by atoms with E-state index >= 15 is 0 Å². The largest absolute Gasteiger partial charge is 0.359 e. The molecule has 2 heteroatoms. The number of benzene rings is 5. The molecule has 47 heavy (non-hydrogen) atoms. The maximum absolute atomic E-state index is 3.88. The highest BCUT2D eigenvalue weighted by Gasteiger charge is 2.34. The van der Waals surface area contributed by atoms with Crippen molar-refractivity contribution in [3.05, 3.63) is 197 Å². The van der Waals surface area contributed by atoms with Gasteiger partial charge in [0, 0.05) is 17.5 Å². The van der Waals surface area contributed by atoms with Crippen LogP contribution in [-0.4, -0.2) is 0 Å². The van der Waals surface area contributed by atoms with Crippen LogP contribution in [0.1, 0.15) is 30.1 Å². The van der Waals surface area contributed by atoms with Crippen LogP contribution in [0.25, 0.3) is 22.3 Å². The molecule has 226 valence electrons. The van der Waals surface area contributed by atoms with Gasteiger partial charge in [-0.25, -0.2) is 0 Å². The Balaban J connectivity index is 1.27. The lowest BCUT2D eigenvalue weighted by atomic mass is 9.69. The number of hydrogen-bond acceptors (Lipinski definition) is 2. The number of allylic oxidation sites excluding steroid dienone is 8. The SMILES string of the molecule is C1=CCC(C2=c3cc(C4Nc5ccccc5N4c4ccccc4)ccc3=C(c3ccc(-c4ccccc4)cc3)C3=CC=CCC32)C=C1. The molecule has 9 rings (SSSR count). The number of para-hydroxylation sites is 3. The van der Waals surface area contributed by atoms with Crippen molar-refractivity contribution in [2.24, 2.45) is 11.8 Å². The van der Waals surface area contributed by atoms with Crippen LogP contribution >= 0.6 is 0 Å². The zero-order chi connectivity index (χ0) is 31.2. The van der Waals surface area contributed by atoms with Gasteiger partial charge in [-0.15, -0.1) is 0 Å². The van der Waals surface area contributed by atoms with Gasteiger partial charge in [-0.2, -0.15) is 0 Å². The number of rotatable bonds is 5. The van der Waals surface area contributed by atoms with Gasteiger partial charge in [0.2, 0.25) is 0 Å². The summed E-state index contributed by atoms with van der Waals surface area (Å²) in [5, 5.41) is 6.60. The van der Waals surface area contributed by atoms with Crippen molar-refractivity contribution in [1.29, 1.82) is 0 Å². The first-order chi connectivity index (χ1) is 23.3. The molecule has 0 spiro atoms. The Morgan fingerprint density at radius 2 is 1.32 bits per heavy atom. The second kappa shape index (κ2) is 11.6. The molecule has 0 aromatic heterocycles. The quantitative estimate of drug-likeness (QED) is 0.215. The van der Waals surface area contributed by atoms with Crippen molar-refractivity contribution in [1.82, 2.24) is 0 Å². The second-order valence-electron chi connectivity index (χ2n) is 12.8. The molecular weight excluding hydrogens is 569 g/mol. The monoisotopic (exact) mass is 604 g/mol. The van der Waals surface area contributed by atoms with E-state index < -0.39 is 0 Å². The van der Waals surface area contributed by atoms with Crippen LogP contribution in [-0.2, 0) is 0 Å². The van der Waals surface area contributed by atoms with E-state index in [0.717, 1.165) is 18.5 Å². The molecule has 1 N–H and O–H groups in total. The molecule has 3 unspecified atom stereocenters. The molecule has 1 aliphatic heterocycles. The number of anilines is 3. The Morgan fingerprint density at radius 3 is 2.13 bits per heavy atom. The van der Waals surface area contributed by atoms with Gasteiger partial charge < -0.3 is 10.2 Å². The van der Waals surface area contributed by atoms with Crippen LogP contribution in [0.3, 0.4) is 0 Å². The third-order valence-electron chi connectivity index (χ3n) is 10.2. The Kier molecular flexibility index (Phi) is 6.86. The van der Waals surface area contributed by atoms with Crippen molar-refractivity contribution in [2.45, 2.75) is 19.0 Å². The summed E-state index contributed by atoms with van der Waals surface area (Å²) in [5.41, 5.74) is 12.9. The van der Waals surface area contributed by atoms with E-state index in [4.69, 9.17) is 0 Å². The Labute approximate surface area is 276 Å². The van der Waals surface area contributed by atoms with E-state index in [-0.39, 0.29) is 6.17 Å². The lowest BCUT2D eigenvalue weighted by Gasteiger charge is -2.35. The Bertz CT molecular complexity index is 2220. The average Bonchev–Trinajstić information content (AvgIpc) is 3.54. The molecule has 0 saturated carbocycles. The minimum absolute atomic E-state index is 0.0139. The molecule has 4 aliphatic rings. The molecule has 3 aliphatic carbocycles. The average molecular weight is 605 g/mol. The molecule has 0 radical (unpaired) electrons. The summed E-state index contributed by atoms with van der Waals surface area (Å²) in [6.07, 6.45) is 18.2. The first-order valence-corrected chi connectivity index (χ1v) is 16.8. The molecule has 0 saturated heterocycles. The number of hydrogen-bond donors (Lipinski definition) is 1. The smallest absolute Gasteiger partial charge is 0.130 e. The van der Waals surface area contributed by atoms with Crippen LogP contribution in [0.15, 0.2) is 175 Å². The molecule has 1 heterocycles. The van der Waals surface area contributed by atoms with Crippen molar-refractivity contribution >= 4 is 28.2 Å². The fourth-order valence-electron chi connectivity index (χ4n) is 8.03. The molecule has 0 amide bonds. The predicted molar refractivity (Wildman–Crippen MR) is 197 cm³/mol. The van der Waals surface area contributed by atoms with Gasteiger partial charge >= 0.3 is 0 Å². The summed E-state index contributed by atoms with van der Waals surface area (Å²) >= 11 is 0.